The summed E-state index contributed by atoms with van der Waals surface area (Å²) >= 11 is 0. The summed E-state index contributed by atoms with van der Waals surface area (Å²) in [6, 6.07) is 14.5. The molecule has 12 heteroatoms. The number of amides is 1. The van der Waals surface area contributed by atoms with Crippen LogP contribution in [-0.4, -0.2) is 52.9 Å². The molecule has 3 aromatic rings. The number of ether oxygens (including phenoxy) is 2. The third-order valence-corrected chi connectivity index (χ3v) is 5.24. The first kappa shape index (κ1) is 25.6. The van der Waals surface area contributed by atoms with Gasteiger partial charge >= 0.3 is 11.8 Å². The minimum Gasteiger partial charge on any atom is -0.444 e. The molecule has 0 unspecified atom stereocenters. The van der Waals surface area contributed by atoms with Crippen LogP contribution < -0.4 is 20.9 Å². The van der Waals surface area contributed by atoms with E-state index in [0.717, 1.165) is 30.7 Å². The zero-order valence-electron chi connectivity index (χ0n) is 20.9. The van der Waals surface area contributed by atoms with Crippen molar-refractivity contribution in [1.82, 2.24) is 9.97 Å². The lowest BCUT2D eigenvalue weighted by molar-refractivity contribution is -0.384. The van der Waals surface area contributed by atoms with Crippen molar-refractivity contribution >= 4 is 46.3 Å². The summed E-state index contributed by atoms with van der Waals surface area (Å²) in [5.74, 6) is 0.192. The van der Waals surface area contributed by atoms with Gasteiger partial charge in [0.15, 0.2) is 0 Å². The maximum absolute atomic E-state index is 12.1. The van der Waals surface area contributed by atoms with Crippen LogP contribution in [-0.2, 0) is 9.47 Å². The van der Waals surface area contributed by atoms with E-state index < -0.39 is 16.6 Å². The monoisotopic (exact) mass is 507 g/mol. The van der Waals surface area contributed by atoms with E-state index in [2.05, 4.69) is 30.8 Å². The van der Waals surface area contributed by atoms with E-state index in [4.69, 9.17) is 9.47 Å². The van der Waals surface area contributed by atoms with Crippen LogP contribution in [0.5, 0.6) is 0 Å². The van der Waals surface area contributed by atoms with Gasteiger partial charge in [-0.2, -0.15) is 4.98 Å². The Kier molecular flexibility index (Phi) is 7.68. The van der Waals surface area contributed by atoms with Crippen molar-refractivity contribution in [2.24, 2.45) is 0 Å². The molecule has 1 saturated heterocycles. The summed E-state index contributed by atoms with van der Waals surface area (Å²) in [4.78, 5) is 33.8. The van der Waals surface area contributed by atoms with Gasteiger partial charge in [-0.3, -0.25) is 15.4 Å². The normalized spacial score (nSPS) is 13.5. The second-order valence-corrected chi connectivity index (χ2v) is 9.29. The second kappa shape index (κ2) is 11.1. The van der Waals surface area contributed by atoms with E-state index in [-0.39, 0.29) is 17.5 Å². The van der Waals surface area contributed by atoms with Gasteiger partial charge in [0, 0.05) is 35.8 Å². The van der Waals surface area contributed by atoms with Gasteiger partial charge in [-0.25, -0.2) is 9.78 Å². The van der Waals surface area contributed by atoms with E-state index in [0.29, 0.717) is 24.6 Å². The molecular formula is C25H29N7O5. The van der Waals surface area contributed by atoms with Crippen LogP contribution in [0.15, 0.2) is 54.7 Å². The Balaban J connectivity index is 1.49. The van der Waals surface area contributed by atoms with E-state index in [1.807, 2.05) is 24.3 Å². The average molecular weight is 508 g/mol. The van der Waals surface area contributed by atoms with E-state index in [1.165, 1.54) is 0 Å². The predicted octanol–water partition coefficient (Wildman–Crippen LogP) is 5.06. The Morgan fingerprint density at radius 3 is 2.43 bits per heavy atom. The van der Waals surface area contributed by atoms with Gasteiger partial charge in [-0.15, -0.1) is 0 Å². The summed E-state index contributed by atoms with van der Waals surface area (Å²) in [5.41, 5.74) is 1.82. The number of morpholine rings is 1. The molecule has 2 heterocycles. The molecular weight excluding hydrogens is 478 g/mol. The SMILES string of the molecule is CC(C)(C)OC(=O)Nc1cccc(Nc2nc(Nc3ccc(N4CCOCC4)cc3)ncc2[N+](=O)[O-])c1. The van der Waals surface area contributed by atoms with Crippen LogP contribution in [0.25, 0.3) is 0 Å². The summed E-state index contributed by atoms with van der Waals surface area (Å²) in [7, 11) is 0. The molecule has 1 aliphatic rings. The lowest BCUT2D eigenvalue weighted by Crippen LogP contribution is -2.36. The molecule has 1 aromatic heterocycles. The number of anilines is 6. The van der Waals surface area contributed by atoms with Gasteiger partial charge in [-0.1, -0.05) is 6.07 Å². The van der Waals surface area contributed by atoms with Gasteiger partial charge in [-0.05, 0) is 63.2 Å². The highest BCUT2D eigenvalue weighted by Crippen LogP contribution is 2.28. The van der Waals surface area contributed by atoms with Crippen molar-refractivity contribution in [3.63, 3.8) is 0 Å². The van der Waals surface area contributed by atoms with E-state index in [9.17, 15) is 14.9 Å². The first-order chi connectivity index (χ1) is 17.7. The maximum atomic E-state index is 12.1. The smallest absolute Gasteiger partial charge is 0.412 e. The van der Waals surface area contributed by atoms with Crippen LogP contribution in [0.3, 0.4) is 0 Å². The van der Waals surface area contributed by atoms with Gasteiger partial charge < -0.3 is 25.0 Å². The molecule has 12 nitrogen and oxygen atoms in total. The lowest BCUT2D eigenvalue weighted by atomic mass is 10.2. The number of carbonyl (C=O) groups excluding carboxylic acids is 1. The van der Waals surface area contributed by atoms with E-state index in [1.54, 1.807) is 45.0 Å². The highest BCUT2D eigenvalue weighted by molar-refractivity contribution is 5.86. The topological polar surface area (TPSA) is 144 Å². The fraction of sp³-hybridized carbons (Fsp3) is 0.320. The fourth-order valence-corrected chi connectivity index (χ4v) is 3.60. The Morgan fingerprint density at radius 1 is 1.05 bits per heavy atom. The van der Waals surface area contributed by atoms with Crippen molar-refractivity contribution in [1.29, 1.82) is 0 Å². The number of aromatic nitrogens is 2. The van der Waals surface area contributed by atoms with E-state index >= 15 is 0 Å². The fourth-order valence-electron chi connectivity index (χ4n) is 3.60. The Labute approximate surface area is 214 Å². The first-order valence-corrected chi connectivity index (χ1v) is 11.7. The Hall–Kier alpha value is -4.45. The standard InChI is InChI=1S/C25H29N7O5/c1-25(2,3)37-24(33)29-19-6-4-5-18(15-19)27-22-21(32(34)35)16-26-23(30-22)28-17-7-9-20(10-8-17)31-11-13-36-14-12-31/h4-10,15-16H,11-14H2,1-3H3,(H,29,33)(H2,26,27,28,30). The van der Waals surface area contributed by atoms with Gasteiger partial charge in [0.1, 0.15) is 11.8 Å². The first-order valence-electron chi connectivity index (χ1n) is 11.7. The molecule has 37 heavy (non-hydrogen) atoms. The van der Waals surface area contributed by atoms with Crippen LogP contribution in [0.4, 0.5) is 45.0 Å². The van der Waals surface area contributed by atoms with Gasteiger partial charge in [0.05, 0.1) is 18.1 Å². The highest BCUT2D eigenvalue weighted by Gasteiger charge is 2.19. The molecule has 1 amide bonds. The van der Waals surface area contributed by atoms with Crippen molar-refractivity contribution in [2.75, 3.05) is 47.2 Å². The summed E-state index contributed by atoms with van der Waals surface area (Å²) in [5, 5.41) is 20.3. The third kappa shape index (κ3) is 7.27. The predicted molar refractivity (Wildman–Crippen MR) is 141 cm³/mol. The summed E-state index contributed by atoms with van der Waals surface area (Å²) in [6.07, 6.45) is 0.534. The number of hydrogen-bond acceptors (Lipinski definition) is 10. The number of carbonyl (C=O) groups is 1. The maximum Gasteiger partial charge on any atom is 0.412 e. The Bertz CT molecular complexity index is 1260. The third-order valence-electron chi connectivity index (χ3n) is 5.24. The molecule has 0 spiro atoms. The number of nitrogens with zero attached hydrogens (tertiary/aromatic N) is 4. The van der Waals surface area contributed by atoms with Crippen molar-refractivity contribution in [3.8, 4) is 0 Å². The van der Waals surface area contributed by atoms with Crippen LogP contribution in [0, 0.1) is 10.1 Å². The van der Waals surface area contributed by atoms with Crippen LogP contribution in [0.2, 0.25) is 0 Å². The Morgan fingerprint density at radius 2 is 1.76 bits per heavy atom. The van der Waals surface area contributed by atoms with Crippen molar-refractivity contribution in [2.45, 2.75) is 26.4 Å². The number of benzene rings is 2. The minimum absolute atomic E-state index is 0.00172. The molecule has 0 saturated carbocycles. The number of nitro groups is 1. The number of rotatable bonds is 7. The zero-order chi connectivity index (χ0) is 26.4. The highest BCUT2D eigenvalue weighted by atomic mass is 16.6. The average Bonchev–Trinajstić information content (AvgIpc) is 2.84. The largest absolute Gasteiger partial charge is 0.444 e. The molecule has 0 atom stereocenters. The summed E-state index contributed by atoms with van der Waals surface area (Å²) in [6.45, 7) is 8.37. The van der Waals surface area contributed by atoms with Gasteiger partial charge in [0.25, 0.3) is 0 Å². The molecule has 1 fully saturated rings. The number of nitrogens with one attached hydrogen (secondary N) is 3. The molecule has 1 aliphatic heterocycles. The molecule has 0 aliphatic carbocycles. The quantitative estimate of drug-likeness (QED) is 0.293. The number of hydrogen-bond donors (Lipinski definition) is 3. The van der Waals surface area contributed by atoms with Crippen molar-refractivity contribution in [3.05, 3.63) is 64.8 Å². The lowest BCUT2D eigenvalue weighted by Gasteiger charge is -2.28. The second-order valence-electron chi connectivity index (χ2n) is 9.29. The molecule has 3 N–H and O–H groups in total. The van der Waals surface area contributed by atoms with Crippen molar-refractivity contribution < 1.29 is 19.2 Å². The molecule has 0 bridgehead atoms. The van der Waals surface area contributed by atoms with Crippen LogP contribution >= 0.6 is 0 Å². The minimum atomic E-state index is -0.645. The summed E-state index contributed by atoms with van der Waals surface area (Å²) < 4.78 is 10.7. The molecule has 194 valence electrons. The molecule has 4 rings (SSSR count). The van der Waals surface area contributed by atoms with Crippen LogP contribution in [0.1, 0.15) is 20.8 Å². The van der Waals surface area contributed by atoms with Gasteiger partial charge in [0.2, 0.25) is 11.8 Å². The molecule has 2 aromatic carbocycles. The molecule has 0 radical (unpaired) electrons. The zero-order valence-corrected chi connectivity index (χ0v) is 20.9.